The predicted molar refractivity (Wildman–Crippen MR) is 110 cm³/mol. The van der Waals surface area contributed by atoms with Gasteiger partial charge in [-0.15, -0.1) is 0 Å². The third-order valence-electron chi connectivity index (χ3n) is 7.73. The molecule has 0 amide bonds. The average molecular weight is 397 g/mol. The predicted octanol–water partition coefficient (Wildman–Crippen LogP) is 6.18. The van der Waals surface area contributed by atoms with E-state index in [1.165, 1.54) is 25.7 Å². The molecule has 3 fully saturated rings. The smallest absolute Gasteiger partial charge is 0.151 e. The van der Waals surface area contributed by atoms with Crippen LogP contribution in [0.15, 0.2) is 0 Å². The minimum Gasteiger partial charge on any atom is -0.378 e. The number of Topliss-reactive ketones (excluding diaryl/α,β-unsaturated/α-hetero) is 1. The van der Waals surface area contributed by atoms with Crippen LogP contribution < -0.4 is 0 Å². The van der Waals surface area contributed by atoms with E-state index in [9.17, 15) is 4.79 Å². The number of rotatable bonds is 10. The molecule has 3 nitrogen and oxygen atoms in total. The second-order valence-corrected chi connectivity index (χ2v) is 9.56. The first-order valence-electron chi connectivity index (χ1n) is 12.0. The number of hydrogen-bond acceptors (Lipinski definition) is 3. The van der Waals surface area contributed by atoms with Crippen molar-refractivity contribution < 1.29 is 18.7 Å². The van der Waals surface area contributed by atoms with Crippen molar-refractivity contribution in [3.05, 3.63) is 0 Å². The molecule has 3 aliphatic rings. The molecule has 3 saturated carbocycles. The number of ketones is 1. The molecular formula is C24H41FO3. The molecule has 0 unspecified atom stereocenters. The third-order valence-corrected chi connectivity index (χ3v) is 7.73. The SMILES string of the molecule is CCCCCOC1CC[C@]2(CC1)C(=O)[C@@]1(CCC(OCCCCC)CC1)C2F. The lowest BCUT2D eigenvalue weighted by Gasteiger charge is -2.61. The van der Waals surface area contributed by atoms with E-state index in [0.29, 0.717) is 25.7 Å². The van der Waals surface area contributed by atoms with E-state index >= 15 is 4.39 Å². The van der Waals surface area contributed by atoms with Gasteiger partial charge in [0.2, 0.25) is 0 Å². The second kappa shape index (κ2) is 10.0. The van der Waals surface area contributed by atoms with E-state index in [1.807, 2.05) is 0 Å². The van der Waals surface area contributed by atoms with Crippen LogP contribution >= 0.6 is 0 Å². The van der Waals surface area contributed by atoms with Crippen molar-refractivity contribution in [2.75, 3.05) is 13.2 Å². The van der Waals surface area contributed by atoms with E-state index in [1.54, 1.807) is 0 Å². The van der Waals surface area contributed by atoms with Crippen molar-refractivity contribution in [1.29, 1.82) is 0 Å². The number of carbonyl (C=O) groups excluding carboxylic acids is 1. The summed E-state index contributed by atoms with van der Waals surface area (Å²) in [4.78, 5) is 13.2. The lowest BCUT2D eigenvalue weighted by Crippen LogP contribution is -2.69. The fraction of sp³-hybridized carbons (Fsp3) is 0.958. The van der Waals surface area contributed by atoms with Gasteiger partial charge in [-0.3, -0.25) is 4.79 Å². The maximum absolute atomic E-state index is 15.5. The fourth-order valence-corrected chi connectivity index (χ4v) is 5.89. The van der Waals surface area contributed by atoms with E-state index < -0.39 is 17.0 Å². The van der Waals surface area contributed by atoms with Crippen LogP contribution in [0.2, 0.25) is 0 Å². The molecule has 0 atom stereocenters. The van der Waals surface area contributed by atoms with Gasteiger partial charge >= 0.3 is 0 Å². The van der Waals surface area contributed by atoms with Crippen molar-refractivity contribution in [3.63, 3.8) is 0 Å². The maximum atomic E-state index is 15.5. The van der Waals surface area contributed by atoms with Crippen LogP contribution in [-0.4, -0.2) is 37.4 Å². The minimum absolute atomic E-state index is 0.228. The molecule has 0 aromatic heterocycles. The lowest BCUT2D eigenvalue weighted by atomic mass is 9.42. The maximum Gasteiger partial charge on any atom is 0.151 e. The van der Waals surface area contributed by atoms with Gasteiger partial charge in [0.15, 0.2) is 5.78 Å². The zero-order valence-electron chi connectivity index (χ0n) is 18.1. The van der Waals surface area contributed by atoms with Gasteiger partial charge in [-0.2, -0.15) is 0 Å². The summed E-state index contributed by atoms with van der Waals surface area (Å²) in [6, 6.07) is 0. The summed E-state index contributed by atoms with van der Waals surface area (Å²) >= 11 is 0. The van der Waals surface area contributed by atoms with Crippen LogP contribution in [0.4, 0.5) is 4.39 Å². The number of hydrogen-bond donors (Lipinski definition) is 0. The van der Waals surface area contributed by atoms with Crippen molar-refractivity contribution in [1.82, 2.24) is 0 Å². The van der Waals surface area contributed by atoms with Crippen LogP contribution in [-0.2, 0) is 14.3 Å². The molecule has 2 spiro atoms. The Morgan fingerprint density at radius 1 is 0.786 bits per heavy atom. The van der Waals surface area contributed by atoms with Crippen LogP contribution in [0, 0.1) is 10.8 Å². The van der Waals surface area contributed by atoms with E-state index in [-0.39, 0.29) is 18.0 Å². The van der Waals surface area contributed by atoms with Crippen LogP contribution in [0.3, 0.4) is 0 Å². The zero-order valence-corrected chi connectivity index (χ0v) is 18.1. The van der Waals surface area contributed by atoms with Gasteiger partial charge in [-0.05, 0) is 64.2 Å². The zero-order chi connectivity index (χ0) is 20.0. The number of alkyl halides is 1. The normalized spacial score (nSPS) is 38.1. The Morgan fingerprint density at radius 2 is 1.18 bits per heavy atom. The average Bonchev–Trinajstić information content (AvgIpc) is 2.74. The van der Waals surface area contributed by atoms with Gasteiger partial charge in [0.05, 0.1) is 23.0 Å². The van der Waals surface area contributed by atoms with Crippen LogP contribution in [0.25, 0.3) is 0 Å². The highest BCUT2D eigenvalue weighted by Gasteiger charge is 2.71. The highest BCUT2D eigenvalue weighted by Crippen LogP contribution is 2.64. The summed E-state index contributed by atoms with van der Waals surface area (Å²) < 4.78 is 27.5. The second-order valence-electron chi connectivity index (χ2n) is 9.56. The van der Waals surface area contributed by atoms with Crippen molar-refractivity contribution in [2.45, 2.75) is 122 Å². The molecular weight excluding hydrogens is 355 g/mol. The third kappa shape index (κ3) is 4.33. The quantitative estimate of drug-likeness (QED) is 0.414. The monoisotopic (exact) mass is 396 g/mol. The molecule has 3 rings (SSSR count). The molecule has 0 radical (unpaired) electrons. The Morgan fingerprint density at radius 3 is 1.50 bits per heavy atom. The summed E-state index contributed by atoms with van der Waals surface area (Å²) in [5.41, 5.74) is -1.36. The van der Waals surface area contributed by atoms with E-state index in [2.05, 4.69) is 13.8 Å². The molecule has 0 saturated heterocycles. The minimum atomic E-state index is -0.949. The van der Waals surface area contributed by atoms with Crippen LogP contribution in [0.1, 0.15) is 104 Å². The summed E-state index contributed by atoms with van der Waals surface area (Å²) in [7, 11) is 0. The van der Waals surface area contributed by atoms with Crippen molar-refractivity contribution in [3.8, 4) is 0 Å². The first kappa shape index (κ1) is 22.2. The van der Waals surface area contributed by atoms with Crippen molar-refractivity contribution in [2.24, 2.45) is 10.8 Å². The first-order valence-corrected chi connectivity index (χ1v) is 12.0. The van der Waals surface area contributed by atoms with E-state index in [0.717, 1.165) is 51.7 Å². The topological polar surface area (TPSA) is 35.5 Å². The molecule has 28 heavy (non-hydrogen) atoms. The Bertz CT molecular complexity index is 448. The Balaban J connectivity index is 1.43. The molecule has 0 aromatic rings. The van der Waals surface area contributed by atoms with Gasteiger partial charge in [-0.1, -0.05) is 39.5 Å². The standard InChI is InChI=1S/C24H41FO3/c1-3-5-7-17-27-19-9-13-23(14-10-19)21(25)24(22(23)26)15-11-20(12-16-24)28-18-8-6-4-2/h19-21H,3-18H2,1-2H3/t19?,20?,21?,23-,24-. The van der Waals surface area contributed by atoms with E-state index in [4.69, 9.17) is 9.47 Å². The molecule has 0 bridgehead atoms. The van der Waals surface area contributed by atoms with Gasteiger partial charge in [-0.25, -0.2) is 4.39 Å². The molecule has 3 aliphatic carbocycles. The Labute approximate surface area is 171 Å². The van der Waals surface area contributed by atoms with Gasteiger partial charge in [0.1, 0.15) is 6.17 Å². The highest BCUT2D eigenvalue weighted by molar-refractivity contribution is 5.98. The summed E-state index contributed by atoms with van der Waals surface area (Å²) in [6.07, 6.45) is 12.6. The molecule has 162 valence electrons. The summed E-state index contributed by atoms with van der Waals surface area (Å²) in [5, 5.41) is 0. The Hall–Kier alpha value is -0.480. The molecule has 4 heteroatoms. The molecule has 0 N–H and O–H groups in total. The number of carbonyl (C=O) groups is 1. The Kier molecular flexibility index (Phi) is 7.95. The number of halogens is 1. The van der Waals surface area contributed by atoms with Gasteiger partial charge in [0.25, 0.3) is 0 Å². The summed E-state index contributed by atoms with van der Waals surface area (Å²) in [5.74, 6) is 0.237. The fourth-order valence-electron chi connectivity index (χ4n) is 5.89. The number of unbranched alkanes of at least 4 members (excludes halogenated alkanes) is 4. The van der Waals surface area contributed by atoms with Gasteiger partial charge < -0.3 is 9.47 Å². The van der Waals surface area contributed by atoms with Crippen LogP contribution in [0.5, 0.6) is 0 Å². The number of ether oxygens (including phenoxy) is 2. The highest BCUT2D eigenvalue weighted by atomic mass is 19.1. The summed E-state index contributed by atoms with van der Waals surface area (Å²) in [6.45, 7) is 6.00. The van der Waals surface area contributed by atoms with Crippen molar-refractivity contribution >= 4 is 5.78 Å². The molecule has 0 heterocycles. The van der Waals surface area contributed by atoms with Gasteiger partial charge in [0, 0.05) is 13.2 Å². The lowest BCUT2D eigenvalue weighted by molar-refractivity contribution is -0.198. The first-order chi connectivity index (χ1) is 13.6. The molecule has 0 aliphatic heterocycles. The molecule has 0 aromatic carbocycles. The largest absolute Gasteiger partial charge is 0.378 e.